The zero-order valence-electron chi connectivity index (χ0n) is 16.6. The van der Waals surface area contributed by atoms with Crippen LogP contribution in [0.3, 0.4) is 0 Å². The molecule has 1 spiro atoms. The van der Waals surface area contributed by atoms with Gasteiger partial charge in [-0.25, -0.2) is 9.18 Å². The van der Waals surface area contributed by atoms with Crippen molar-refractivity contribution in [3.8, 4) is 0 Å². The fourth-order valence-electron chi connectivity index (χ4n) is 4.25. The van der Waals surface area contributed by atoms with E-state index in [9.17, 15) is 14.0 Å². The van der Waals surface area contributed by atoms with Gasteiger partial charge in [-0.2, -0.15) is 0 Å². The van der Waals surface area contributed by atoms with Gasteiger partial charge in [0, 0.05) is 23.5 Å². The molecule has 156 valence electrons. The SMILES string of the molecule is O=C(Nc1cccc(F)c1)N1CCS[C@@]12C(=O)N(Cc1ccccc1)c1ccccc12. The molecule has 2 aliphatic rings. The Hall–Kier alpha value is -3.32. The highest BCUT2D eigenvalue weighted by Crippen LogP contribution is 2.54. The van der Waals surface area contributed by atoms with Crippen LogP contribution in [0.5, 0.6) is 0 Å². The minimum atomic E-state index is -1.12. The Morgan fingerprint density at radius 3 is 2.61 bits per heavy atom. The van der Waals surface area contributed by atoms with Crippen LogP contribution in [0.25, 0.3) is 0 Å². The van der Waals surface area contributed by atoms with Gasteiger partial charge >= 0.3 is 6.03 Å². The highest BCUT2D eigenvalue weighted by molar-refractivity contribution is 8.01. The van der Waals surface area contributed by atoms with Gasteiger partial charge in [0.25, 0.3) is 5.91 Å². The summed E-state index contributed by atoms with van der Waals surface area (Å²) in [5.74, 6) is 0.0737. The predicted octanol–water partition coefficient (Wildman–Crippen LogP) is 4.81. The summed E-state index contributed by atoms with van der Waals surface area (Å²) in [5.41, 5.74) is 3.00. The summed E-state index contributed by atoms with van der Waals surface area (Å²) in [6.45, 7) is 0.851. The van der Waals surface area contributed by atoms with Crippen molar-refractivity contribution < 1.29 is 14.0 Å². The monoisotopic (exact) mass is 433 g/mol. The number of anilines is 2. The molecule has 5 nitrogen and oxygen atoms in total. The maximum Gasteiger partial charge on any atom is 0.323 e. The Morgan fingerprint density at radius 1 is 1.03 bits per heavy atom. The first-order valence-corrected chi connectivity index (χ1v) is 11.0. The number of nitrogens with one attached hydrogen (secondary N) is 1. The van der Waals surface area contributed by atoms with E-state index >= 15 is 0 Å². The Labute approximate surface area is 183 Å². The number of carbonyl (C=O) groups is 2. The molecule has 3 amide bonds. The molecule has 0 unspecified atom stereocenters. The van der Waals surface area contributed by atoms with Gasteiger partial charge in [0.2, 0.25) is 0 Å². The molecule has 1 atom stereocenters. The van der Waals surface area contributed by atoms with Crippen molar-refractivity contribution in [2.75, 3.05) is 22.5 Å². The lowest BCUT2D eigenvalue weighted by Crippen LogP contribution is -2.51. The number of nitrogens with zero attached hydrogens (tertiary/aromatic N) is 2. The third kappa shape index (κ3) is 3.25. The molecule has 2 heterocycles. The normalized spacial score (nSPS) is 19.7. The van der Waals surface area contributed by atoms with Gasteiger partial charge < -0.3 is 10.2 Å². The second kappa shape index (κ2) is 7.74. The van der Waals surface area contributed by atoms with E-state index in [-0.39, 0.29) is 5.91 Å². The Bertz CT molecular complexity index is 1160. The molecule has 0 saturated carbocycles. The Morgan fingerprint density at radius 2 is 1.81 bits per heavy atom. The first kappa shape index (κ1) is 19.6. The number of hydrogen-bond donors (Lipinski definition) is 1. The molecule has 31 heavy (non-hydrogen) atoms. The first-order valence-electron chi connectivity index (χ1n) is 10.0. The van der Waals surface area contributed by atoms with E-state index in [1.165, 1.54) is 30.0 Å². The van der Waals surface area contributed by atoms with Crippen LogP contribution >= 0.6 is 11.8 Å². The number of urea groups is 1. The van der Waals surface area contributed by atoms with Crippen molar-refractivity contribution >= 4 is 35.1 Å². The average Bonchev–Trinajstić information content (AvgIpc) is 3.32. The van der Waals surface area contributed by atoms with Gasteiger partial charge in [-0.1, -0.05) is 54.6 Å². The van der Waals surface area contributed by atoms with Crippen molar-refractivity contribution in [2.24, 2.45) is 0 Å². The highest BCUT2D eigenvalue weighted by Gasteiger charge is 2.59. The standard InChI is InChI=1S/C24H20FN3O2S/c25-18-9-6-10-19(15-18)26-23(30)28-13-14-31-24(28)20-11-4-5-12-21(20)27(22(24)29)16-17-7-2-1-3-8-17/h1-12,15H,13-14,16H2,(H,26,30)/t24-/m0/s1. The fourth-order valence-corrected chi connectivity index (χ4v) is 5.71. The van der Waals surface area contributed by atoms with Gasteiger partial charge in [0.15, 0.2) is 4.87 Å². The minimum Gasteiger partial charge on any atom is -0.308 e. The molecule has 1 N–H and O–H groups in total. The number of para-hydroxylation sites is 1. The van der Waals surface area contributed by atoms with E-state index in [1.54, 1.807) is 15.9 Å². The van der Waals surface area contributed by atoms with Crippen molar-refractivity contribution in [2.45, 2.75) is 11.4 Å². The van der Waals surface area contributed by atoms with Crippen LogP contribution in [-0.2, 0) is 16.2 Å². The van der Waals surface area contributed by atoms with E-state index in [4.69, 9.17) is 0 Å². The molecule has 3 aromatic rings. The highest BCUT2D eigenvalue weighted by atomic mass is 32.2. The smallest absolute Gasteiger partial charge is 0.308 e. The molecule has 0 aliphatic carbocycles. The van der Waals surface area contributed by atoms with Crippen molar-refractivity contribution in [3.63, 3.8) is 0 Å². The van der Waals surface area contributed by atoms with Crippen LogP contribution in [-0.4, -0.2) is 29.1 Å². The van der Waals surface area contributed by atoms with E-state index in [1.807, 2.05) is 54.6 Å². The lowest BCUT2D eigenvalue weighted by atomic mass is 10.1. The predicted molar refractivity (Wildman–Crippen MR) is 120 cm³/mol. The lowest BCUT2D eigenvalue weighted by Gasteiger charge is -2.33. The number of amides is 3. The summed E-state index contributed by atoms with van der Waals surface area (Å²) in [5, 5.41) is 2.75. The molecule has 1 saturated heterocycles. The summed E-state index contributed by atoms with van der Waals surface area (Å²) in [4.78, 5) is 29.3. The molecule has 5 rings (SSSR count). The van der Waals surface area contributed by atoms with Crippen LogP contribution in [0, 0.1) is 5.82 Å². The third-order valence-corrected chi connectivity index (χ3v) is 7.02. The van der Waals surface area contributed by atoms with E-state index < -0.39 is 16.7 Å². The first-order chi connectivity index (χ1) is 15.1. The second-order valence-electron chi connectivity index (χ2n) is 7.48. The molecule has 0 radical (unpaired) electrons. The van der Waals surface area contributed by atoms with Crippen LogP contribution < -0.4 is 10.2 Å². The molecular weight excluding hydrogens is 413 g/mol. The van der Waals surface area contributed by atoms with Crippen LogP contribution in [0.15, 0.2) is 78.9 Å². The summed E-state index contributed by atoms with van der Waals surface area (Å²) in [7, 11) is 0. The minimum absolute atomic E-state index is 0.130. The van der Waals surface area contributed by atoms with Crippen LogP contribution in [0.1, 0.15) is 11.1 Å². The van der Waals surface area contributed by atoms with Gasteiger partial charge in [-0.05, 0) is 29.8 Å². The number of carbonyl (C=O) groups excluding carboxylic acids is 2. The van der Waals surface area contributed by atoms with Crippen molar-refractivity contribution in [3.05, 3.63) is 95.8 Å². The molecule has 2 aliphatic heterocycles. The number of hydrogen-bond acceptors (Lipinski definition) is 3. The lowest BCUT2D eigenvalue weighted by molar-refractivity contribution is -0.123. The van der Waals surface area contributed by atoms with Gasteiger partial charge in [-0.3, -0.25) is 9.69 Å². The Balaban J connectivity index is 1.51. The van der Waals surface area contributed by atoms with Crippen LogP contribution in [0.2, 0.25) is 0 Å². The number of halogens is 1. The maximum absolute atomic E-state index is 13.8. The molecule has 0 bridgehead atoms. The summed E-state index contributed by atoms with van der Waals surface area (Å²) < 4.78 is 13.6. The summed E-state index contributed by atoms with van der Waals surface area (Å²) >= 11 is 1.47. The fraction of sp³-hybridized carbons (Fsp3) is 0.167. The van der Waals surface area contributed by atoms with Crippen molar-refractivity contribution in [1.82, 2.24) is 4.90 Å². The van der Waals surface area contributed by atoms with Gasteiger partial charge in [0.1, 0.15) is 5.82 Å². The molecule has 0 aromatic heterocycles. The van der Waals surface area contributed by atoms with Gasteiger partial charge in [0.05, 0.1) is 12.2 Å². The largest absolute Gasteiger partial charge is 0.323 e. The molecule has 7 heteroatoms. The van der Waals surface area contributed by atoms with E-state index in [0.29, 0.717) is 24.5 Å². The summed E-state index contributed by atoms with van der Waals surface area (Å²) in [6, 6.07) is 22.8. The van der Waals surface area contributed by atoms with E-state index in [0.717, 1.165) is 16.8 Å². The van der Waals surface area contributed by atoms with Crippen LogP contribution in [0.4, 0.5) is 20.6 Å². The third-order valence-electron chi connectivity index (χ3n) is 5.61. The van der Waals surface area contributed by atoms with E-state index in [2.05, 4.69) is 5.32 Å². The second-order valence-corrected chi connectivity index (χ2v) is 8.77. The van der Waals surface area contributed by atoms with Crippen molar-refractivity contribution in [1.29, 1.82) is 0 Å². The summed E-state index contributed by atoms with van der Waals surface area (Å²) in [6.07, 6.45) is 0. The molecule has 1 fully saturated rings. The Kier molecular flexibility index (Phi) is 4.90. The number of fused-ring (bicyclic) bond motifs is 2. The molecule has 3 aromatic carbocycles. The molecular formula is C24H20FN3O2S. The number of rotatable bonds is 3. The zero-order chi connectivity index (χ0) is 21.4. The zero-order valence-corrected chi connectivity index (χ0v) is 17.4. The topological polar surface area (TPSA) is 52.7 Å². The van der Waals surface area contributed by atoms with Gasteiger partial charge in [-0.15, -0.1) is 11.8 Å². The number of thioether (sulfide) groups is 1. The maximum atomic E-state index is 13.8. The number of benzene rings is 3. The average molecular weight is 434 g/mol. The quantitative estimate of drug-likeness (QED) is 0.645.